The third-order valence-electron chi connectivity index (χ3n) is 2.48. The molecule has 0 aliphatic rings. The molecule has 0 aromatic heterocycles. The van der Waals surface area contributed by atoms with Crippen molar-refractivity contribution in [1.29, 1.82) is 0 Å². The van der Waals surface area contributed by atoms with Gasteiger partial charge in [0.05, 0.1) is 10.7 Å². The van der Waals surface area contributed by atoms with Crippen LogP contribution in [0.4, 0.5) is 11.4 Å². The molecule has 0 aliphatic carbocycles. The first-order chi connectivity index (χ1) is 8.69. The number of nitrogens with zero attached hydrogens (tertiary/aromatic N) is 1. The van der Waals surface area contributed by atoms with Crippen LogP contribution in [0.2, 0.25) is 0 Å². The lowest BCUT2D eigenvalue weighted by molar-refractivity contribution is -0.384. The van der Waals surface area contributed by atoms with Crippen LogP contribution >= 0.6 is 15.9 Å². The van der Waals surface area contributed by atoms with Crippen LogP contribution in [0.3, 0.4) is 0 Å². The van der Waals surface area contributed by atoms with Crippen molar-refractivity contribution in [1.82, 2.24) is 0 Å². The molecule has 6 nitrogen and oxygen atoms in total. The Balaban J connectivity index is 2.79. The van der Waals surface area contributed by atoms with Crippen molar-refractivity contribution in [2.24, 2.45) is 0 Å². The molecule has 0 heterocycles. The van der Waals surface area contributed by atoms with Crippen LogP contribution in [0, 0.1) is 10.1 Å². The Morgan fingerprint density at radius 1 is 1.47 bits per heavy atom. The number of nitro benzene ring substituents is 1. The van der Waals surface area contributed by atoms with E-state index in [1.54, 1.807) is 19.1 Å². The second kappa shape index (κ2) is 6.33. The molecule has 0 amide bonds. The molecule has 1 unspecified atom stereocenters. The van der Waals surface area contributed by atoms with Crippen LogP contribution in [0.15, 0.2) is 22.7 Å². The van der Waals surface area contributed by atoms with E-state index in [2.05, 4.69) is 21.2 Å². The molecule has 0 saturated heterocycles. The Labute approximate surface area is 120 Å². The number of hydrogen-bond donors (Lipinski definition) is 1. The van der Waals surface area contributed by atoms with Gasteiger partial charge in [-0.25, -0.2) is 8.42 Å². The number of anilines is 1. The Morgan fingerprint density at radius 3 is 2.63 bits per heavy atom. The fourth-order valence-corrected chi connectivity index (χ4v) is 2.64. The van der Waals surface area contributed by atoms with E-state index in [-0.39, 0.29) is 17.5 Å². The summed E-state index contributed by atoms with van der Waals surface area (Å²) in [5.41, 5.74) is 0.342. The van der Waals surface area contributed by atoms with E-state index in [0.29, 0.717) is 16.6 Å². The van der Waals surface area contributed by atoms with Gasteiger partial charge in [-0.1, -0.05) is 15.9 Å². The number of nitro groups is 1. The normalized spacial score (nSPS) is 13.0. The fraction of sp³-hybridized carbons (Fsp3) is 0.455. The van der Waals surface area contributed by atoms with Gasteiger partial charge in [-0.2, -0.15) is 0 Å². The Morgan fingerprint density at radius 2 is 2.11 bits per heavy atom. The number of benzene rings is 1. The highest BCUT2D eigenvalue weighted by molar-refractivity contribution is 9.10. The van der Waals surface area contributed by atoms with E-state index < -0.39 is 14.8 Å². The number of rotatable bonds is 6. The highest BCUT2D eigenvalue weighted by atomic mass is 79.9. The molecule has 0 bridgehead atoms. The zero-order valence-corrected chi connectivity index (χ0v) is 13.0. The molecule has 0 radical (unpaired) electrons. The smallest absolute Gasteiger partial charge is 0.293 e. The van der Waals surface area contributed by atoms with E-state index in [1.807, 2.05) is 0 Å². The van der Waals surface area contributed by atoms with Crippen molar-refractivity contribution in [3.05, 3.63) is 32.8 Å². The summed E-state index contributed by atoms with van der Waals surface area (Å²) in [6, 6.07) is 4.53. The molecule has 1 rings (SSSR count). The first-order valence-corrected chi connectivity index (χ1v) is 8.42. The van der Waals surface area contributed by atoms with Gasteiger partial charge in [0, 0.05) is 22.8 Å². The molecule has 0 spiro atoms. The molecule has 106 valence electrons. The fourth-order valence-electron chi connectivity index (χ4n) is 1.51. The van der Waals surface area contributed by atoms with Gasteiger partial charge in [0.2, 0.25) is 0 Å². The molecule has 0 saturated carbocycles. The number of sulfone groups is 1. The first-order valence-electron chi connectivity index (χ1n) is 5.57. The van der Waals surface area contributed by atoms with Crippen molar-refractivity contribution in [2.45, 2.75) is 19.4 Å². The quantitative estimate of drug-likeness (QED) is 0.629. The van der Waals surface area contributed by atoms with Gasteiger partial charge in [-0.3, -0.25) is 10.1 Å². The molecule has 8 heteroatoms. The molecule has 0 aliphatic heterocycles. The maximum absolute atomic E-state index is 11.1. The molecule has 0 fully saturated rings. The van der Waals surface area contributed by atoms with Gasteiger partial charge < -0.3 is 5.32 Å². The van der Waals surface area contributed by atoms with Crippen LogP contribution in [0.25, 0.3) is 0 Å². The number of hydrogen-bond acceptors (Lipinski definition) is 5. The zero-order valence-electron chi connectivity index (χ0n) is 10.6. The van der Waals surface area contributed by atoms with E-state index >= 15 is 0 Å². The molecule has 1 aromatic carbocycles. The minimum Gasteiger partial charge on any atom is -0.377 e. The maximum Gasteiger partial charge on any atom is 0.293 e. The average Bonchev–Trinajstić information content (AvgIpc) is 2.28. The Kier molecular flexibility index (Phi) is 5.30. The van der Waals surface area contributed by atoms with Crippen molar-refractivity contribution in [2.75, 3.05) is 17.3 Å². The summed E-state index contributed by atoms with van der Waals surface area (Å²) in [7, 11) is -3.03. The predicted molar refractivity (Wildman–Crippen MR) is 78.2 cm³/mol. The highest BCUT2D eigenvalue weighted by Crippen LogP contribution is 2.28. The van der Waals surface area contributed by atoms with Gasteiger partial charge >= 0.3 is 0 Å². The summed E-state index contributed by atoms with van der Waals surface area (Å²) >= 11 is 3.18. The van der Waals surface area contributed by atoms with E-state index in [1.165, 1.54) is 12.3 Å². The van der Waals surface area contributed by atoms with Crippen LogP contribution < -0.4 is 5.32 Å². The SMILES string of the molecule is CC(CCS(C)(=O)=O)Nc1ccc(Br)cc1[N+](=O)[O-]. The standard InChI is InChI=1S/C11H15BrN2O4S/c1-8(5-6-19(2,17)18)13-10-4-3-9(12)7-11(10)14(15)16/h3-4,7-8,13H,5-6H2,1-2H3. The second-order valence-electron chi connectivity index (χ2n) is 4.38. The van der Waals surface area contributed by atoms with Crippen molar-refractivity contribution in [3.63, 3.8) is 0 Å². The molecule has 19 heavy (non-hydrogen) atoms. The van der Waals surface area contributed by atoms with Crippen molar-refractivity contribution in [3.8, 4) is 0 Å². The Bertz CT molecular complexity index is 574. The van der Waals surface area contributed by atoms with E-state index in [4.69, 9.17) is 0 Å². The lowest BCUT2D eigenvalue weighted by Gasteiger charge is -2.14. The third-order valence-corrected chi connectivity index (χ3v) is 3.95. The summed E-state index contributed by atoms with van der Waals surface area (Å²) in [6.07, 6.45) is 1.56. The van der Waals surface area contributed by atoms with Crippen molar-refractivity contribution < 1.29 is 13.3 Å². The van der Waals surface area contributed by atoms with Crippen LogP contribution in [-0.2, 0) is 9.84 Å². The lowest BCUT2D eigenvalue weighted by Crippen LogP contribution is -2.20. The van der Waals surface area contributed by atoms with E-state index in [9.17, 15) is 18.5 Å². The summed E-state index contributed by atoms with van der Waals surface area (Å²) in [5, 5.41) is 13.9. The van der Waals surface area contributed by atoms with Gasteiger partial charge in [-0.15, -0.1) is 0 Å². The second-order valence-corrected chi connectivity index (χ2v) is 7.56. The summed E-state index contributed by atoms with van der Waals surface area (Å²) in [4.78, 5) is 10.4. The zero-order chi connectivity index (χ0) is 14.6. The molecule has 1 N–H and O–H groups in total. The van der Waals surface area contributed by atoms with Crippen LogP contribution in [0.5, 0.6) is 0 Å². The Hall–Kier alpha value is -1.15. The van der Waals surface area contributed by atoms with Gasteiger partial charge in [0.15, 0.2) is 0 Å². The third kappa shape index (κ3) is 5.56. The summed E-state index contributed by atoms with van der Waals surface area (Å²) in [6.45, 7) is 1.79. The molecule has 1 atom stereocenters. The lowest BCUT2D eigenvalue weighted by atomic mass is 10.2. The summed E-state index contributed by atoms with van der Waals surface area (Å²) in [5.74, 6) is 0.0471. The topological polar surface area (TPSA) is 89.3 Å². The van der Waals surface area contributed by atoms with Gasteiger partial charge in [-0.05, 0) is 25.5 Å². The van der Waals surface area contributed by atoms with E-state index in [0.717, 1.165) is 0 Å². The van der Waals surface area contributed by atoms with Gasteiger partial charge in [0.1, 0.15) is 15.5 Å². The first kappa shape index (κ1) is 15.9. The summed E-state index contributed by atoms with van der Waals surface area (Å²) < 4.78 is 22.8. The average molecular weight is 351 g/mol. The maximum atomic E-state index is 11.1. The number of nitrogens with one attached hydrogen (secondary N) is 1. The number of halogens is 1. The molecular weight excluding hydrogens is 336 g/mol. The predicted octanol–water partition coefficient (Wildman–Crippen LogP) is 2.59. The minimum atomic E-state index is -3.03. The van der Waals surface area contributed by atoms with Crippen LogP contribution in [-0.4, -0.2) is 31.4 Å². The molecular formula is C11H15BrN2O4S. The highest BCUT2D eigenvalue weighted by Gasteiger charge is 2.16. The monoisotopic (exact) mass is 350 g/mol. The largest absolute Gasteiger partial charge is 0.377 e. The molecule has 1 aromatic rings. The van der Waals surface area contributed by atoms with Gasteiger partial charge in [0.25, 0.3) is 5.69 Å². The van der Waals surface area contributed by atoms with Crippen molar-refractivity contribution >= 4 is 37.1 Å². The minimum absolute atomic E-state index is 0.0411. The van der Waals surface area contributed by atoms with Crippen LogP contribution in [0.1, 0.15) is 13.3 Å².